The summed E-state index contributed by atoms with van der Waals surface area (Å²) >= 11 is 0. The molecular formula is C9H15NO. The third-order valence-corrected chi connectivity index (χ3v) is 2.65. The van der Waals surface area contributed by atoms with E-state index in [1.807, 2.05) is 0 Å². The fourth-order valence-corrected chi connectivity index (χ4v) is 1.93. The van der Waals surface area contributed by atoms with Crippen LogP contribution in [-0.2, 0) is 0 Å². The molecule has 1 unspecified atom stereocenters. The van der Waals surface area contributed by atoms with Crippen molar-refractivity contribution in [3.8, 4) is 6.07 Å². The van der Waals surface area contributed by atoms with Crippen molar-refractivity contribution >= 4 is 0 Å². The lowest BCUT2D eigenvalue weighted by atomic mass is 9.89. The zero-order valence-electron chi connectivity index (χ0n) is 6.79. The highest BCUT2D eigenvalue weighted by Crippen LogP contribution is 2.32. The molecule has 0 aliphatic heterocycles. The first-order valence-corrected chi connectivity index (χ1v) is 4.36. The summed E-state index contributed by atoms with van der Waals surface area (Å²) in [6.45, 7) is 0.193. The quantitative estimate of drug-likeness (QED) is 0.670. The number of aliphatic hydroxyl groups excluding tert-OH is 1. The van der Waals surface area contributed by atoms with Gasteiger partial charge >= 0.3 is 0 Å². The van der Waals surface area contributed by atoms with Crippen LogP contribution in [0.2, 0.25) is 0 Å². The molecule has 0 aromatic heterocycles. The monoisotopic (exact) mass is 153 g/mol. The summed E-state index contributed by atoms with van der Waals surface area (Å²) in [6.07, 6.45) is 5.53. The highest BCUT2D eigenvalue weighted by Gasteiger charge is 2.23. The molecule has 0 amide bonds. The first-order chi connectivity index (χ1) is 5.38. The number of hydrogen-bond acceptors (Lipinski definition) is 2. The Morgan fingerprint density at radius 2 is 2.09 bits per heavy atom. The minimum Gasteiger partial charge on any atom is -0.396 e. The van der Waals surface area contributed by atoms with E-state index in [2.05, 4.69) is 6.07 Å². The average molecular weight is 153 g/mol. The van der Waals surface area contributed by atoms with Crippen LogP contribution in [0, 0.1) is 23.2 Å². The summed E-state index contributed by atoms with van der Waals surface area (Å²) in [5, 5.41) is 17.4. The summed E-state index contributed by atoms with van der Waals surface area (Å²) in [6, 6.07) is 2.14. The first kappa shape index (κ1) is 8.55. The van der Waals surface area contributed by atoms with Crippen molar-refractivity contribution < 1.29 is 5.11 Å². The second kappa shape index (κ2) is 4.35. The Morgan fingerprint density at radius 3 is 2.55 bits per heavy atom. The van der Waals surface area contributed by atoms with Crippen LogP contribution in [-0.4, -0.2) is 11.7 Å². The smallest absolute Gasteiger partial charge is 0.0625 e. The second-order valence-corrected chi connectivity index (χ2v) is 3.35. The summed E-state index contributed by atoms with van der Waals surface area (Å²) in [4.78, 5) is 0. The van der Waals surface area contributed by atoms with E-state index in [1.165, 1.54) is 25.7 Å². The lowest BCUT2D eigenvalue weighted by Crippen LogP contribution is -2.15. The van der Waals surface area contributed by atoms with Crippen LogP contribution in [0.5, 0.6) is 0 Å². The van der Waals surface area contributed by atoms with E-state index >= 15 is 0 Å². The Balaban J connectivity index is 2.34. The van der Waals surface area contributed by atoms with Gasteiger partial charge in [0.15, 0.2) is 0 Å². The topological polar surface area (TPSA) is 44.0 Å². The molecule has 1 fully saturated rings. The molecule has 0 saturated heterocycles. The molecule has 2 heteroatoms. The van der Waals surface area contributed by atoms with Gasteiger partial charge in [-0.15, -0.1) is 0 Å². The molecular weight excluding hydrogens is 138 g/mol. The summed E-state index contributed by atoms with van der Waals surface area (Å²) < 4.78 is 0. The van der Waals surface area contributed by atoms with Crippen LogP contribution in [0.15, 0.2) is 0 Å². The summed E-state index contributed by atoms with van der Waals surface area (Å²) in [5.74, 6) is 0.877. The third kappa shape index (κ3) is 2.20. The van der Waals surface area contributed by atoms with E-state index in [-0.39, 0.29) is 12.5 Å². The fourth-order valence-electron chi connectivity index (χ4n) is 1.93. The lowest BCUT2D eigenvalue weighted by Gasteiger charge is -2.17. The Hall–Kier alpha value is -0.550. The average Bonchev–Trinajstić information content (AvgIpc) is 2.52. The Labute approximate surface area is 67.8 Å². The van der Waals surface area contributed by atoms with Gasteiger partial charge in [-0.3, -0.25) is 0 Å². The highest BCUT2D eigenvalue weighted by molar-refractivity contribution is 4.82. The molecule has 62 valence electrons. The Morgan fingerprint density at radius 1 is 1.45 bits per heavy atom. The number of aliphatic hydroxyl groups is 1. The summed E-state index contributed by atoms with van der Waals surface area (Å²) in [5.41, 5.74) is 0. The molecule has 1 rings (SSSR count). The van der Waals surface area contributed by atoms with Crippen LogP contribution < -0.4 is 0 Å². The SMILES string of the molecule is N#CCC(CO)C1CCCC1. The van der Waals surface area contributed by atoms with Gasteiger partial charge in [-0.2, -0.15) is 5.26 Å². The van der Waals surface area contributed by atoms with Gasteiger partial charge in [0.2, 0.25) is 0 Å². The normalized spacial score (nSPS) is 21.5. The first-order valence-electron chi connectivity index (χ1n) is 4.36. The molecule has 0 aromatic rings. The molecule has 2 nitrogen and oxygen atoms in total. The maximum Gasteiger partial charge on any atom is 0.0625 e. The van der Waals surface area contributed by atoms with E-state index in [0.717, 1.165) is 0 Å². The molecule has 0 bridgehead atoms. The predicted molar refractivity (Wildman–Crippen MR) is 42.8 cm³/mol. The van der Waals surface area contributed by atoms with Crippen LogP contribution in [0.1, 0.15) is 32.1 Å². The number of rotatable bonds is 3. The van der Waals surface area contributed by atoms with Gasteiger partial charge < -0.3 is 5.11 Å². The number of hydrogen-bond donors (Lipinski definition) is 1. The number of nitriles is 1. The molecule has 1 atom stereocenters. The van der Waals surface area contributed by atoms with Crippen molar-refractivity contribution in [1.29, 1.82) is 5.26 Å². The van der Waals surface area contributed by atoms with Gasteiger partial charge in [-0.1, -0.05) is 25.7 Å². The Kier molecular flexibility index (Phi) is 3.38. The third-order valence-electron chi connectivity index (χ3n) is 2.65. The molecule has 1 N–H and O–H groups in total. The standard InChI is InChI=1S/C9H15NO/c10-6-5-9(7-11)8-3-1-2-4-8/h8-9,11H,1-5,7H2. The van der Waals surface area contributed by atoms with Gasteiger partial charge in [-0.25, -0.2) is 0 Å². The molecule has 0 aromatic carbocycles. The van der Waals surface area contributed by atoms with E-state index in [1.54, 1.807) is 0 Å². The van der Waals surface area contributed by atoms with E-state index in [4.69, 9.17) is 10.4 Å². The van der Waals surface area contributed by atoms with Crippen molar-refractivity contribution in [2.45, 2.75) is 32.1 Å². The number of nitrogens with zero attached hydrogens (tertiary/aromatic N) is 1. The van der Waals surface area contributed by atoms with Crippen LogP contribution in [0.25, 0.3) is 0 Å². The molecule has 0 heterocycles. The van der Waals surface area contributed by atoms with E-state index < -0.39 is 0 Å². The zero-order chi connectivity index (χ0) is 8.10. The van der Waals surface area contributed by atoms with Crippen molar-refractivity contribution in [2.24, 2.45) is 11.8 Å². The predicted octanol–water partition coefficient (Wildman–Crippen LogP) is 1.70. The van der Waals surface area contributed by atoms with Gasteiger partial charge in [-0.05, 0) is 11.8 Å². The molecule has 0 radical (unpaired) electrons. The maximum absolute atomic E-state index is 8.97. The van der Waals surface area contributed by atoms with Crippen LogP contribution in [0.3, 0.4) is 0 Å². The Bertz CT molecular complexity index is 144. The minimum atomic E-state index is 0.193. The largest absolute Gasteiger partial charge is 0.396 e. The van der Waals surface area contributed by atoms with Crippen LogP contribution in [0.4, 0.5) is 0 Å². The van der Waals surface area contributed by atoms with Crippen molar-refractivity contribution in [1.82, 2.24) is 0 Å². The lowest BCUT2D eigenvalue weighted by molar-refractivity contribution is 0.179. The van der Waals surface area contributed by atoms with Gasteiger partial charge in [0.25, 0.3) is 0 Å². The van der Waals surface area contributed by atoms with Gasteiger partial charge in [0.05, 0.1) is 6.07 Å². The van der Waals surface area contributed by atoms with Crippen molar-refractivity contribution in [2.75, 3.05) is 6.61 Å². The van der Waals surface area contributed by atoms with Crippen molar-refractivity contribution in [3.63, 3.8) is 0 Å². The van der Waals surface area contributed by atoms with Crippen molar-refractivity contribution in [3.05, 3.63) is 0 Å². The highest BCUT2D eigenvalue weighted by atomic mass is 16.3. The minimum absolute atomic E-state index is 0.193. The molecule has 1 aliphatic carbocycles. The molecule has 0 spiro atoms. The fraction of sp³-hybridized carbons (Fsp3) is 0.889. The van der Waals surface area contributed by atoms with Gasteiger partial charge in [0, 0.05) is 13.0 Å². The van der Waals surface area contributed by atoms with E-state index in [0.29, 0.717) is 12.3 Å². The van der Waals surface area contributed by atoms with Gasteiger partial charge in [0.1, 0.15) is 0 Å². The second-order valence-electron chi connectivity index (χ2n) is 3.35. The maximum atomic E-state index is 8.97. The van der Waals surface area contributed by atoms with E-state index in [9.17, 15) is 0 Å². The molecule has 1 aliphatic rings. The summed E-state index contributed by atoms with van der Waals surface area (Å²) in [7, 11) is 0. The molecule has 1 saturated carbocycles. The molecule has 11 heavy (non-hydrogen) atoms. The van der Waals surface area contributed by atoms with Crippen LogP contribution >= 0.6 is 0 Å². The zero-order valence-corrected chi connectivity index (χ0v) is 6.79.